The third-order valence-corrected chi connectivity index (χ3v) is 6.25. The lowest BCUT2D eigenvalue weighted by Crippen LogP contribution is -2.40. The van der Waals surface area contributed by atoms with Gasteiger partial charge in [-0.2, -0.15) is 4.98 Å². The van der Waals surface area contributed by atoms with E-state index >= 15 is 0 Å². The van der Waals surface area contributed by atoms with Crippen LogP contribution in [0, 0.1) is 12.8 Å². The predicted octanol–water partition coefficient (Wildman–Crippen LogP) is 3.71. The molecule has 0 saturated carbocycles. The van der Waals surface area contributed by atoms with Crippen molar-refractivity contribution in [2.24, 2.45) is 13.0 Å². The second-order valence-corrected chi connectivity index (χ2v) is 8.77. The van der Waals surface area contributed by atoms with Crippen LogP contribution in [-0.4, -0.2) is 25.2 Å². The first kappa shape index (κ1) is 21.0. The molecule has 2 aromatic heterocycles. The number of aryl methyl sites for hydroxylation is 2. The van der Waals surface area contributed by atoms with Crippen LogP contribution in [0.2, 0.25) is 0 Å². The molecule has 7 nitrogen and oxygen atoms in total. The largest absolute Gasteiger partial charge is 0.332 e. The minimum atomic E-state index is -0.365. The van der Waals surface area contributed by atoms with E-state index in [4.69, 9.17) is 4.98 Å². The first-order chi connectivity index (χ1) is 16.0. The van der Waals surface area contributed by atoms with Gasteiger partial charge in [-0.15, -0.1) is 0 Å². The van der Waals surface area contributed by atoms with Crippen LogP contribution >= 0.6 is 0 Å². The zero-order chi connectivity index (χ0) is 23.1. The number of para-hydroxylation sites is 1. The fourth-order valence-corrected chi connectivity index (χ4v) is 4.59. The van der Waals surface area contributed by atoms with Gasteiger partial charge in [0.15, 0.2) is 11.2 Å². The molecule has 2 aromatic carbocycles. The number of hydrogen-bond donors (Lipinski definition) is 0. The summed E-state index contributed by atoms with van der Waals surface area (Å²) in [6.45, 7) is 5.93. The third kappa shape index (κ3) is 3.59. The van der Waals surface area contributed by atoms with Gasteiger partial charge in [0.1, 0.15) is 0 Å². The van der Waals surface area contributed by atoms with Gasteiger partial charge in [0.2, 0.25) is 5.95 Å². The average Bonchev–Trinajstić information content (AvgIpc) is 3.20. The molecular formula is C26H27N5O2. The van der Waals surface area contributed by atoms with Crippen molar-refractivity contribution in [3.63, 3.8) is 0 Å². The zero-order valence-corrected chi connectivity index (χ0v) is 19.1. The molecule has 0 fully saturated rings. The van der Waals surface area contributed by atoms with Gasteiger partial charge in [0, 0.05) is 32.4 Å². The summed E-state index contributed by atoms with van der Waals surface area (Å²) < 4.78 is 4.75. The summed E-state index contributed by atoms with van der Waals surface area (Å²) in [5.41, 5.74) is 3.47. The third-order valence-electron chi connectivity index (χ3n) is 6.25. The summed E-state index contributed by atoms with van der Waals surface area (Å²) in [4.78, 5) is 33.5. The maximum absolute atomic E-state index is 13.5. The molecule has 1 aliphatic heterocycles. The molecule has 0 saturated heterocycles. The van der Waals surface area contributed by atoms with E-state index in [1.807, 2.05) is 59.2 Å². The lowest BCUT2D eigenvalue weighted by atomic mass is 10.1. The van der Waals surface area contributed by atoms with E-state index in [1.165, 1.54) is 9.13 Å². The lowest BCUT2D eigenvalue weighted by Gasteiger charge is -2.33. The van der Waals surface area contributed by atoms with Crippen molar-refractivity contribution in [2.45, 2.75) is 26.9 Å². The summed E-state index contributed by atoms with van der Waals surface area (Å²) >= 11 is 0. The highest BCUT2D eigenvalue weighted by molar-refractivity contribution is 5.77. The van der Waals surface area contributed by atoms with Gasteiger partial charge in [0.25, 0.3) is 5.56 Å². The fraction of sp³-hybridized carbons (Fsp3) is 0.269. The van der Waals surface area contributed by atoms with Gasteiger partial charge < -0.3 is 9.47 Å². The van der Waals surface area contributed by atoms with Crippen molar-refractivity contribution in [2.75, 3.05) is 11.4 Å². The van der Waals surface area contributed by atoms with Crippen LogP contribution in [0.25, 0.3) is 17.2 Å². The Labute approximate surface area is 191 Å². The van der Waals surface area contributed by atoms with Gasteiger partial charge in [-0.25, -0.2) is 4.79 Å². The molecule has 0 aliphatic carbocycles. The van der Waals surface area contributed by atoms with Gasteiger partial charge in [-0.1, -0.05) is 67.6 Å². The molecule has 0 amide bonds. The molecule has 0 radical (unpaired) electrons. The number of anilines is 2. The normalized spacial score (nSPS) is 16.0. The van der Waals surface area contributed by atoms with E-state index in [0.29, 0.717) is 29.6 Å². The number of fused-ring (bicyclic) bond motifs is 3. The highest BCUT2D eigenvalue weighted by Crippen LogP contribution is 2.34. The highest BCUT2D eigenvalue weighted by atomic mass is 16.2. The van der Waals surface area contributed by atoms with Crippen LogP contribution in [0.3, 0.4) is 0 Å². The molecule has 1 atom stereocenters. The maximum atomic E-state index is 13.5. The first-order valence-corrected chi connectivity index (χ1v) is 11.2. The van der Waals surface area contributed by atoms with E-state index in [1.54, 1.807) is 7.05 Å². The van der Waals surface area contributed by atoms with Crippen molar-refractivity contribution in [1.82, 2.24) is 18.7 Å². The molecule has 3 heterocycles. The number of nitrogens with zero attached hydrogens (tertiary/aromatic N) is 5. The molecule has 5 rings (SSSR count). The molecule has 0 N–H and O–H groups in total. The van der Waals surface area contributed by atoms with Gasteiger partial charge in [-0.05, 0) is 30.0 Å². The number of benzene rings is 2. The molecule has 7 heteroatoms. The van der Waals surface area contributed by atoms with E-state index in [2.05, 4.69) is 30.9 Å². The van der Waals surface area contributed by atoms with Crippen LogP contribution in [0.5, 0.6) is 0 Å². The maximum Gasteiger partial charge on any atom is 0.332 e. The predicted molar refractivity (Wildman–Crippen MR) is 132 cm³/mol. The van der Waals surface area contributed by atoms with Crippen molar-refractivity contribution in [3.05, 3.63) is 92.6 Å². The van der Waals surface area contributed by atoms with Crippen LogP contribution in [-0.2, 0) is 20.1 Å². The Morgan fingerprint density at radius 1 is 1.03 bits per heavy atom. The van der Waals surface area contributed by atoms with Crippen molar-refractivity contribution in [1.29, 1.82) is 0 Å². The van der Waals surface area contributed by atoms with Crippen molar-refractivity contribution < 1.29 is 0 Å². The second kappa shape index (κ2) is 8.24. The SMILES string of the molecule is Cc1ccccc1N1CC(C)Cn2c1nc1c2c(=O)n(CC=Cc2ccccc2)c(=O)n1C. The summed E-state index contributed by atoms with van der Waals surface area (Å²) in [5, 5.41) is 0. The van der Waals surface area contributed by atoms with E-state index < -0.39 is 0 Å². The van der Waals surface area contributed by atoms with Crippen molar-refractivity contribution in [3.8, 4) is 0 Å². The second-order valence-electron chi connectivity index (χ2n) is 8.77. The summed E-state index contributed by atoms with van der Waals surface area (Å²) in [6, 6.07) is 18.0. The van der Waals surface area contributed by atoms with Gasteiger partial charge in [-0.3, -0.25) is 13.9 Å². The van der Waals surface area contributed by atoms with E-state index in [-0.39, 0.29) is 17.8 Å². The summed E-state index contributed by atoms with van der Waals surface area (Å²) in [7, 11) is 1.68. The standard InChI is InChI=1S/C26H27N5O2/c1-18-16-30(21-14-8-7-10-19(21)2)25-27-23-22(31(25)17-18)24(32)29(26(33)28(23)3)15-9-13-20-11-5-4-6-12-20/h4-14,18H,15-17H2,1-3H3. The monoisotopic (exact) mass is 441 g/mol. The molecular weight excluding hydrogens is 414 g/mol. The number of allylic oxidation sites excluding steroid dienone is 1. The van der Waals surface area contributed by atoms with Crippen LogP contribution in [0.4, 0.5) is 11.6 Å². The summed E-state index contributed by atoms with van der Waals surface area (Å²) in [5.74, 6) is 1.03. The van der Waals surface area contributed by atoms with Crippen LogP contribution in [0.15, 0.2) is 70.3 Å². The van der Waals surface area contributed by atoms with Crippen LogP contribution in [0.1, 0.15) is 18.1 Å². The molecule has 33 heavy (non-hydrogen) atoms. The van der Waals surface area contributed by atoms with E-state index in [9.17, 15) is 9.59 Å². The van der Waals surface area contributed by atoms with Gasteiger partial charge in [0.05, 0.1) is 0 Å². The molecule has 168 valence electrons. The molecule has 1 unspecified atom stereocenters. The van der Waals surface area contributed by atoms with Gasteiger partial charge >= 0.3 is 5.69 Å². The Bertz CT molecular complexity index is 1480. The van der Waals surface area contributed by atoms with Crippen LogP contribution < -0.4 is 16.1 Å². The smallest absolute Gasteiger partial charge is 0.311 e. The average molecular weight is 442 g/mol. The topological polar surface area (TPSA) is 65.1 Å². The number of rotatable bonds is 4. The molecule has 0 bridgehead atoms. The first-order valence-electron chi connectivity index (χ1n) is 11.2. The minimum absolute atomic E-state index is 0.202. The number of aromatic nitrogens is 4. The number of hydrogen-bond acceptors (Lipinski definition) is 4. The Morgan fingerprint density at radius 3 is 2.52 bits per heavy atom. The van der Waals surface area contributed by atoms with E-state index in [0.717, 1.165) is 23.4 Å². The Balaban J connectivity index is 1.65. The quantitative estimate of drug-likeness (QED) is 0.484. The Kier molecular flexibility index (Phi) is 5.24. The van der Waals surface area contributed by atoms with Crippen molar-refractivity contribution >= 4 is 28.9 Å². The molecule has 4 aromatic rings. The molecule has 0 spiro atoms. The minimum Gasteiger partial charge on any atom is -0.311 e. The molecule has 1 aliphatic rings. The Hall–Kier alpha value is -3.87. The summed E-state index contributed by atoms with van der Waals surface area (Å²) in [6.07, 6.45) is 3.77. The zero-order valence-electron chi connectivity index (χ0n) is 19.1. The number of imidazole rings is 1. The fourth-order valence-electron chi connectivity index (χ4n) is 4.59. The highest BCUT2D eigenvalue weighted by Gasteiger charge is 2.30. The lowest BCUT2D eigenvalue weighted by molar-refractivity contribution is 0.457. The Morgan fingerprint density at radius 2 is 1.76 bits per heavy atom.